The highest BCUT2D eigenvalue weighted by Crippen LogP contribution is 2.29. The van der Waals surface area contributed by atoms with Crippen molar-refractivity contribution in [3.05, 3.63) is 42.2 Å². The molecule has 2 aliphatic heterocycles. The monoisotopic (exact) mass is 505 g/mol. The van der Waals surface area contributed by atoms with Crippen molar-refractivity contribution in [3.63, 3.8) is 0 Å². The minimum Gasteiger partial charge on any atom is -0.379 e. The predicted molar refractivity (Wildman–Crippen MR) is 143 cm³/mol. The summed E-state index contributed by atoms with van der Waals surface area (Å²) in [5, 5.41) is 3.87. The van der Waals surface area contributed by atoms with Gasteiger partial charge in [-0.3, -0.25) is 14.5 Å². The van der Waals surface area contributed by atoms with E-state index in [-0.39, 0.29) is 23.9 Å². The fraction of sp³-hybridized carbons (Fsp3) is 0.481. The van der Waals surface area contributed by atoms with Crippen LogP contribution in [0.5, 0.6) is 0 Å². The number of H-pyrrole nitrogens is 1. The molecule has 2 atom stereocenters. The van der Waals surface area contributed by atoms with Crippen LogP contribution in [0.25, 0.3) is 22.3 Å². The molecule has 3 aromatic heterocycles. The molecule has 5 rings (SSSR count). The first-order valence-corrected chi connectivity index (χ1v) is 13.0. The summed E-state index contributed by atoms with van der Waals surface area (Å²) in [5.74, 6) is 0.843. The second-order valence-corrected chi connectivity index (χ2v) is 9.94. The second kappa shape index (κ2) is 10.9. The van der Waals surface area contributed by atoms with E-state index in [1.54, 1.807) is 13.1 Å². The number of nitrogens with one attached hydrogen (secondary N) is 2. The number of carbonyl (C=O) groups excluding carboxylic acids is 2. The molecule has 37 heavy (non-hydrogen) atoms. The number of morpholine rings is 1. The van der Waals surface area contributed by atoms with Gasteiger partial charge in [0.15, 0.2) is 0 Å². The van der Waals surface area contributed by atoms with Crippen molar-refractivity contribution >= 4 is 28.7 Å². The normalized spacial score (nSPS) is 20.8. The van der Waals surface area contributed by atoms with Crippen LogP contribution in [-0.2, 0) is 9.53 Å². The third kappa shape index (κ3) is 5.45. The lowest BCUT2D eigenvalue weighted by Crippen LogP contribution is -2.58. The number of nitrogens with zero attached hydrogens (tertiary/aromatic N) is 5. The summed E-state index contributed by atoms with van der Waals surface area (Å²) in [7, 11) is 0. The number of hydrogen-bond acceptors (Lipinski definition) is 7. The molecule has 0 aliphatic carbocycles. The number of aromatic nitrogens is 3. The molecule has 0 aromatic carbocycles. The number of fused-ring (bicyclic) bond motifs is 1. The minimum absolute atomic E-state index is 0.105. The zero-order valence-electron chi connectivity index (χ0n) is 21.7. The maximum Gasteiger partial charge on any atom is 0.252 e. The van der Waals surface area contributed by atoms with Gasteiger partial charge >= 0.3 is 0 Å². The topological polar surface area (TPSA) is 107 Å². The van der Waals surface area contributed by atoms with Crippen LogP contribution in [0.15, 0.2) is 36.7 Å². The molecule has 2 fully saturated rings. The Morgan fingerprint density at radius 1 is 1.16 bits per heavy atom. The average molecular weight is 506 g/mol. The quantitative estimate of drug-likeness (QED) is 0.529. The average Bonchev–Trinajstić information content (AvgIpc) is 3.32. The van der Waals surface area contributed by atoms with Gasteiger partial charge in [-0.2, -0.15) is 0 Å². The first kappa shape index (κ1) is 25.2. The Balaban J connectivity index is 1.32. The van der Waals surface area contributed by atoms with Gasteiger partial charge in [0.05, 0.1) is 24.5 Å². The van der Waals surface area contributed by atoms with Crippen molar-refractivity contribution in [2.24, 2.45) is 0 Å². The predicted octanol–water partition coefficient (Wildman–Crippen LogP) is 2.13. The number of hydrogen-bond donors (Lipinski definition) is 2. The molecule has 2 amide bonds. The lowest BCUT2D eigenvalue weighted by molar-refractivity contribution is -0.133. The van der Waals surface area contributed by atoms with Gasteiger partial charge in [0.2, 0.25) is 5.91 Å². The van der Waals surface area contributed by atoms with Gasteiger partial charge in [0.1, 0.15) is 11.5 Å². The Bertz CT molecular complexity index is 1260. The molecular weight excluding hydrogens is 470 g/mol. The Morgan fingerprint density at radius 3 is 2.65 bits per heavy atom. The molecule has 5 heterocycles. The van der Waals surface area contributed by atoms with Gasteiger partial charge in [-0.15, -0.1) is 0 Å². The molecule has 10 nitrogen and oxygen atoms in total. The minimum atomic E-state index is -0.136. The van der Waals surface area contributed by atoms with Gasteiger partial charge < -0.3 is 24.8 Å². The summed E-state index contributed by atoms with van der Waals surface area (Å²) in [6.07, 6.45) is 3.50. The highest BCUT2D eigenvalue weighted by Gasteiger charge is 2.31. The van der Waals surface area contributed by atoms with Crippen molar-refractivity contribution in [2.45, 2.75) is 32.9 Å². The van der Waals surface area contributed by atoms with E-state index in [1.807, 2.05) is 35.4 Å². The summed E-state index contributed by atoms with van der Waals surface area (Å²) < 4.78 is 5.38. The molecule has 0 spiro atoms. The van der Waals surface area contributed by atoms with Crippen LogP contribution in [0.2, 0.25) is 0 Å². The van der Waals surface area contributed by atoms with Crippen LogP contribution in [0.3, 0.4) is 0 Å². The summed E-state index contributed by atoms with van der Waals surface area (Å²) in [6.45, 7) is 11.9. The molecule has 0 saturated carbocycles. The summed E-state index contributed by atoms with van der Waals surface area (Å²) >= 11 is 0. The van der Waals surface area contributed by atoms with Gasteiger partial charge in [0.25, 0.3) is 5.91 Å². The van der Waals surface area contributed by atoms with Crippen molar-refractivity contribution < 1.29 is 14.3 Å². The lowest BCUT2D eigenvalue weighted by Gasteiger charge is -2.44. The fourth-order valence-electron chi connectivity index (χ4n) is 5.47. The number of amides is 2. The van der Waals surface area contributed by atoms with Crippen LogP contribution in [0, 0.1) is 0 Å². The highest BCUT2D eigenvalue weighted by molar-refractivity contribution is 6.00. The molecular formula is C27H35N7O3. The van der Waals surface area contributed by atoms with Gasteiger partial charge in [0, 0.05) is 81.6 Å². The maximum absolute atomic E-state index is 12.8. The van der Waals surface area contributed by atoms with Gasteiger partial charge in [-0.25, -0.2) is 9.97 Å². The zero-order chi connectivity index (χ0) is 25.9. The van der Waals surface area contributed by atoms with Crippen LogP contribution in [-0.4, -0.2) is 101 Å². The summed E-state index contributed by atoms with van der Waals surface area (Å²) in [6, 6.07) is 8.06. The molecule has 2 saturated heterocycles. The van der Waals surface area contributed by atoms with E-state index >= 15 is 0 Å². The zero-order valence-corrected chi connectivity index (χ0v) is 21.7. The van der Waals surface area contributed by atoms with Crippen molar-refractivity contribution in [1.82, 2.24) is 30.1 Å². The van der Waals surface area contributed by atoms with Crippen LogP contribution in [0.1, 0.15) is 31.1 Å². The summed E-state index contributed by atoms with van der Waals surface area (Å²) in [5.41, 5.74) is 2.94. The van der Waals surface area contributed by atoms with Crippen LogP contribution < -0.4 is 10.2 Å². The fourth-order valence-corrected chi connectivity index (χ4v) is 5.47. The van der Waals surface area contributed by atoms with Crippen molar-refractivity contribution in [1.29, 1.82) is 0 Å². The Hall–Kier alpha value is -3.50. The molecule has 0 bridgehead atoms. The summed E-state index contributed by atoms with van der Waals surface area (Å²) in [4.78, 5) is 44.0. The number of rotatable bonds is 6. The third-order valence-electron chi connectivity index (χ3n) is 7.23. The van der Waals surface area contributed by atoms with E-state index < -0.39 is 0 Å². The first-order chi connectivity index (χ1) is 17.9. The number of piperazine rings is 1. The maximum atomic E-state index is 12.8. The van der Waals surface area contributed by atoms with Gasteiger partial charge in [-0.1, -0.05) is 6.07 Å². The number of aromatic amines is 1. The molecule has 196 valence electrons. The smallest absolute Gasteiger partial charge is 0.252 e. The Kier molecular flexibility index (Phi) is 7.38. The van der Waals surface area contributed by atoms with Crippen molar-refractivity contribution in [3.8, 4) is 11.3 Å². The largest absolute Gasteiger partial charge is 0.379 e. The van der Waals surface area contributed by atoms with Crippen molar-refractivity contribution in [2.75, 3.05) is 57.4 Å². The molecule has 10 heteroatoms. The van der Waals surface area contributed by atoms with E-state index in [0.717, 1.165) is 68.4 Å². The standard InChI is InChI=1S/C27H35N7O3/c1-18-16-33(17-19(2)34(18)20(3)35)25-6-4-5-24(31-25)23-15-30-26-22(23)13-21(14-29-26)27(36)28-7-8-32-9-11-37-12-10-32/h4-6,13-15,18-19H,7-12,16-17H2,1-3H3,(H,28,36)(H,29,30)/t18-,19+. The van der Waals surface area contributed by atoms with Crippen LogP contribution in [0.4, 0.5) is 5.82 Å². The SMILES string of the molecule is CC(=O)N1[C@H](C)CN(c2cccc(-c3c[nH]c4ncc(C(=O)NCCN5CCOCC5)cc34)n2)C[C@@H]1C. The van der Waals surface area contributed by atoms with E-state index in [1.165, 1.54) is 0 Å². The molecule has 3 aromatic rings. The Morgan fingerprint density at radius 2 is 1.92 bits per heavy atom. The first-order valence-electron chi connectivity index (χ1n) is 13.0. The number of pyridine rings is 2. The van der Waals surface area contributed by atoms with E-state index in [0.29, 0.717) is 17.8 Å². The van der Waals surface area contributed by atoms with E-state index in [9.17, 15) is 9.59 Å². The van der Waals surface area contributed by atoms with E-state index in [2.05, 4.69) is 38.9 Å². The Labute approximate surface area is 217 Å². The van der Waals surface area contributed by atoms with Crippen LogP contribution >= 0.6 is 0 Å². The molecule has 2 aliphatic rings. The second-order valence-electron chi connectivity index (χ2n) is 9.94. The third-order valence-corrected chi connectivity index (χ3v) is 7.23. The highest BCUT2D eigenvalue weighted by atomic mass is 16.5. The number of carbonyl (C=O) groups is 2. The number of anilines is 1. The number of ether oxygens (including phenoxy) is 1. The lowest BCUT2D eigenvalue weighted by atomic mass is 10.1. The molecule has 2 N–H and O–H groups in total. The van der Waals surface area contributed by atoms with E-state index in [4.69, 9.17) is 9.72 Å². The molecule has 0 unspecified atom stereocenters. The molecule has 0 radical (unpaired) electrons. The van der Waals surface area contributed by atoms with Gasteiger partial charge in [-0.05, 0) is 32.0 Å².